The number of carbonyl (C=O) groups is 1. The highest BCUT2D eigenvalue weighted by Gasteiger charge is 2.30. The van der Waals surface area contributed by atoms with E-state index in [1.807, 2.05) is 17.0 Å². The van der Waals surface area contributed by atoms with E-state index in [4.69, 9.17) is 0 Å². The summed E-state index contributed by atoms with van der Waals surface area (Å²) >= 11 is 2.84. The standard InChI is InChI=1S/C19H19F3N4OS2/c1-4-14-11(2)28-9-15(14)17-24-25-18(26(17)3)29-10-16(27)23-13-7-5-6-12(8-13)19(20,21)22/h5-9H,4,10H2,1-3H3,(H,23,27). The molecule has 0 fully saturated rings. The molecule has 0 spiro atoms. The molecule has 0 saturated heterocycles. The van der Waals surface area contributed by atoms with Crippen LogP contribution in [0.5, 0.6) is 0 Å². The Balaban J connectivity index is 1.66. The van der Waals surface area contributed by atoms with Gasteiger partial charge in [-0.25, -0.2) is 0 Å². The molecule has 0 aliphatic carbocycles. The zero-order chi connectivity index (χ0) is 21.2. The highest BCUT2D eigenvalue weighted by Crippen LogP contribution is 2.32. The molecule has 2 heterocycles. The molecular formula is C19H19F3N4OS2. The first-order chi connectivity index (χ1) is 13.7. The van der Waals surface area contributed by atoms with Crippen LogP contribution < -0.4 is 5.32 Å². The lowest BCUT2D eigenvalue weighted by molar-refractivity contribution is -0.137. The second kappa shape index (κ2) is 8.58. The Morgan fingerprint density at radius 1 is 1.31 bits per heavy atom. The van der Waals surface area contributed by atoms with Gasteiger partial charge >= 0.3 is 6.18 Å². The third-order valence-electron chi connectivity index (χ3n) is 4.34. The van der Waals surface area contributed by atoms with Crippen molar-refractivity contribution in [1.29, 1.82) is 0 Å². The maximum Gasteiger partial charge on any atom is 0.416 e. The van der Waals surface area contributed by atoms with Crippen molar-refractivity contribution in [3.63, 3.8) is 0 Å². The SMILES string of the molecule is CCc1c(-c2nnc(SCC(=O)Nc3cccc(C(F)(F)F)c3)n2C)csc1C. The summed E-state index contributed by atoms with van der Waals surface area (Å²) in [6.45, 7) is 4.15. The summed E-state index contributed by atoms with van der Waals surface area (Å²) in [5.41, 5.74) is 1.55. The van der Waals surface area contributed by atoms with Crippen LogP contribution in [0, 0.1) is 6.92 Å². The first kappa shape index (κ1) is 21.4. The highest BCUT2D eigenvalue weighted by molar-refractivity contribution is 7.99. The van der Waals surface area contributed by atoms with Crippen molar-refractivity contribution in [2.45, 2.75) is 31.6 Å². The number of nitrogens with one attached hydrogen (secondary N) is 1. The van der Waals surface area contributed by atoms with Gasteiger partial charge in [0.1, 0.15) is 0 Å². The summed E-state index contributed by atoms with van der Waals surface area (Å²) in [6, 6.07) is 4.55. The number of nitrogens with zero attached hydrogens (tertiary/aromatic N) is 3. The lowest BCUT2D eigenvalue weighted by atomic mass is 10.1. The number of halogens is 3. The van der Waals surface area contributed by atoms with E-state index in [9.17, 15) is 18.0 Å². The van der Waals surface area contributed by atoms with Gasteiger partial charge in [0.15, 0.2) is 11.0 Å². The van der Waals surface area contributed by atoms with Gasteiger partial charge in [0, 0.05) is 28.6 Å². The number of alkyl halides is 3. The predicted molar refractivity (Wildman–Crippen MR) is 109 cm³/mol. The lowest BCUT2D eigenvalue weighted by Gasteiger charge is -2.10. The Labute approximate surface area is 174 Å². The number of aryl methyl sites for hydroxylation is 1. The van der Waals surface area contributed by atoms with Crippen molar-refractivity contribution in [3.05, 3.63) is 45.6 Å². The number of hydrogen-bond donors (Lipinski definition) is 1. The number of hydrogen-bond acceptors (Lipinski definition) is 5. The van der Waals surface area contributed by atoms with Gasteiger partial charge in [-0.3, -0.25) is 4.79 Å². The molecule has 3 rings (SSSR count). The van der Waals surface area contributed by atoms with Gasteiger partial charge in [-0.05, 0) is 37.1 Å². The second-order valence-electron chi connectivity index (χ2n) is 6.32. The van der Waals surface area contributed by atoms with Crippen LogP contribution in [0.15, 0.2) is 34.8 Å². The molecule has 2 aromatic heterocycles. The van der Waals surface area contributed by atoms with Gasteiger partial charge in [-0.1, -0.05) is 24.8 Å². The Morgan fingerprint density at radius 2 is 2.07 bits per heavy atom. The van der Waals surface area contributed by atoms with Crippen LogP contribution in [0.3, 0.4) is 0 Å². The molecule has 0 saturated carbocycles. The summed E-state index contributed by atoms with van der Waals surface area (Å²) in [6.07, 6.45) is -3.57. The van der Waals surface area contributed by atoms with Crippen LogP contribution in [0.25, 0.3) is 11.4 Å². The minimum atomic E-state index is -4.46. The molecule has 0 unspecified atom stereocenters. The molecule has 10 heteroatoms. The van der Waals surface area contributed by atoms with Crippen LogP contribution in [-0.4, -0.2) is 26.4 Å². The highest BCUT2D eigenvalue weighted by atomic mass is 32.2. The Kier molecular flexibility index (Phi) is 6.33. The Bertz CT molecular complexity index is 1030. The summed E-state index contributed by atoms with van der Waals surface area (Å²) < 4.78 is 40.2. The van der Waals surface area contributed by atoms with E-state index in [-0.39, 0.29) is 11.4 Å². The van der Waals surface area contributed by atoms with Crippen LogP contribution in [-0.2, 0) is 24.4 Å². The van der Waals surface area contributed by atoms with E-state index in [2.05, 4.69) is 29.4 Å². The third-order valence-corrected chi connectivity index (χ3v) is 6.31. The molecule has 154 valence electrons. The smallest absolute Gasteiger partial charge is 0.325 e. The monoisotopic (exact) mass is 440 g/mol. The van der Waals surface area contributed by atoms with Crippen molar-refractivity contribution >= 4 is 34.7 Å². The fraction of sp³-hybridized carbons (Fsp3) is 0.316. The predicted octanol–water partition coefficient (Wildman–Crippen LogP) is 5.16. The minimum absolute atomic E-state index is 0.00547. The number of thioether (sulfide) groups is 1. The van der Waals surface area contributed by atoms with Gasteiger partial charge in [-0.2, -0.15) is 13.2 Å². The van der Waals surface area contributed by atoms with Gasteiger partial charge in [0.2, 0.25) is 5.91 Å². The molecule has 29 heavy (non-hydrogen) atoms. The number of rotatable bonds is 6. The average Bonchev–Trinajstić information content (AvgIpc) is 3.21. The molecular weight excluding hydrogens is 421 g/mol. The maximum atomic E-state index is 12.8. The van der Waals surface area contributed by atoms with E-state index in [1.165, 1.54) is 34.3 Å². The summed E-state index contributed by atoms with van der Waals surface area (Å²) in [4.78, 5) is 13.4. The van der Waals surface area contributed by atoms with Crippen molar-refractivity contribution in [1.82, 2.24) is 14.8 Å². The van der Waals surface area contributed by atoms with E-state index in [0.29, 0.717) is 5.16 Å². The lowest BCUT2D eigenvalue weighted by Crippen LogP contribution is -2.15. The molecule has 3 aromatic rings. The second-order valence-corrected chi connectivity index (χ2v) is 8.34. The summed E-state index contributed by atoms with van der Waals surface area (Å²) in [7, 11) is 1.83. The van der Waals surface area contributed by atoms with Gasteiger partial charge in [0.05, 0.1) is 11.3 Å². The number of thiophene rings is 1. The zero-order valence-electron chi connectivity index (χ0n) is 16.0. The van der Waals surface area contributed by atoms with Crippen LogP contribution in [0.4, 0.5) is 18.9 Å². The van der Waals surface area contributed by atoms with Crippen LogP contribution >= 0.6 is 23.1 Å². The van der Waals surface area contributed by atoms with Crippen molar-refractivity contribution < 1.29 is 18.0 Å². The first-order valence-electron chi connectivity index (χ1n) is 8.77. The van der Waals surface area contributed by atoms with Gasteiger partial charge in [0.25, 0.3) is 0 Å². The number of benzene rings is 1. The average molecular weight is 441 g/mol. The van der Waals surface area contributed by atoms with E-state index >= 15 is 0 Å². The van der Waals surface area contributed by atoms with Crippen molar-refractivity contribution in [2.24, 2.45) is 7.05 Å². The molecule has 0 atom stereocenters. The quantitative estimate of drug-likeness (QED) is 0.538. The van der Waals surface area contributed by atoms with E-state index in [0.717, 1.165) is 29.9 Å². The fourth-order valence-corrected chi connectivity index (χ4v) is 4.53. The fourth-order valence-electron chi connectivity index (χ4n) is 2.88. The van der Waals surface area contributed by atoms with Crippen molar-refractivity contribution in [3.8, 4) is 11.4 Å². The number of carbonyl (C=O) groups excluding carboxylic acids is 1. The van der Waals surface area contributed by atoms with Gasteiger partial charge < -0.3 is 9.88 Å². The maximum absolute atomic E-state index is 12.8. The molecule has 1 amide bonds. The number of anilines is 1. The number of amides is 1. The van der Waals surface area contributed by atoms with Crippen LogP contribution in [0.1, 0.15) is 22.9 Å². The molecule has 0 aliphatic heterocycles. The van der Waals surface area contributed by atoms with E-state index < -0.39 is 17.6 Å². The Morgan fingerprint density at radius 3 is 2.76 bits per heavy atom. The van der Waals surface area contributed by atoms with E-state index in [1.54, 1.807) is 11.3 Å². The largest absolute Gasteiger partial charge is 0.416 e. The van der Waals surface area contributed by atoms with Gasteiger partial charge in [-0.15, -0.1) is 21.5 Å². The minimum Gasteiger partial charge on any atom is -0.325 e. The Hall–Kier alpha value is -2.33. The zero-order valence-corrected chi connectivity index (χ0v) is 17.6. The molecule has 0 aliphatic rings. The molecule has 5 nitrogen and oxygen atoms in total. The third kappa shape index (κ3) is 4.81. The summed E-state index contributed by atoms with van der Waals surface area (Å²) in [5, 5.41) is 13.5. The molecule has 1 aromatic carbocycles. The normalized spacial score (nSPS) is 11.7. The molecule has 0 bridgehead atoms. The molecule has 1 N–H and O–H groups in total. The van der Waals surface area contributed by atoms with Crippen LogP contribution in [0.2, 0.25) is 0 Å². The van der Waals surface area contributed by atoms with Crippen molar-refractivity contribution in [2.75, 3.05) is 11.1 Å². The summed E-state index contributed by atoms with van der Waals surface area (Å²) in [5.74, 6) is 0.317. The number of aromatic nitrogens is 3. The topological polar surface area (TPSA) is 59.8 Å². The first-order valence-corrected chi connectivity index (χ1v) is 10.6. The molecule has 0 radical (unpaired) electrons.